The summed E-state index contributed by atoms with van der Waals surface area (Å²) < 4.78 is 0. The summed E-state index contributed by atoms with van der Waals surface area (Å²) in [6, 6.07) is 5.94. The first-order valence-electron chi connectivity index (χ1n) is 5.62. The molecule has 1 aromatic carbocycles. The minimum absolute atomic E-state index is 0.296. The van der Waals surface area contributed by atoms with Crippen molar-refractivity contribution in [1.29, 1.82) is 0 Å². The van der Waals surface area contributed by atoms with Crippen LogP contribution in [0.3, 0.4) is 0 Å². The van der Waals surface area contributed by atoms with Crippen molar-refractivity contribution < 1.29 is 14.7 Å². The summed E-state index contributed by atoms with van der Waals surface area (Å²) in [6.07, 6.45) is 3.09. The molecule has 0 aliphatic rings. The molecule has 1 aromatic rings. The van der Waals surface area contributed by atoms with E-state index in [9.17, 15) is 9.59 Å². The second kappa shape index (κ2) is 6.00. The quantitative estimate of drug-likeness (QED) is 0.826. The lowest BCUT2D eigenvalue weighted by Crippen LogP contribution is -2.30. The Kier molecular flexibility index (Phi) is 4.66. The Morgan fingerprint density at radius 3 is 2.56 bits per heavy atom. The molecule has 0 unspecified atom stereocenters. The molecule has 0 atom stereocenters. The predicted octanol–water partition coefficient (Wildman–Crippen LogP) is 1.86. The molecule has 0 fully saturated rings. The van der Waals surface area contributed by atoms with Crippen molar-refractivity contribution in [2.45, 2.75) is 13.8 Å². The molecule has 4 heteroatoms. The number of hydrogen-bond donors (Lipinski definition) is 1. The second-order valence-electron chi connectivity index (χ2n) is 4.28. The highest BCUT2D eigenvalue weighted by Gasteiger charge is 2.08. The maximum absolute atomic E-state index is 11.6. The number of nitrogens with zero attached hydrogens (tertiary/aromatic N) is 1. The summed E-state index contributed by atoms with van der Waals surface area (Å²) in [5, 5.41) is 8.57. The predicted molar refractivity (Wildman–Crippen MR) is 70.2 cm³/mol. The lowest BCUT2D eigenvalue weighted by atomic mass is 10.1. The van der Waals surface area contributed by atoms with Gasteiger partial charge in [0.25, 0.3) is 0 Å². The van der Waals surface area contributed by atoms with Crippen LogP contribution in [0.25, 0.3) is 6.08 Å². The van der Waals surface area contributed by atoms with Crippen LogP contribution in [0.2, 0.25) is 0 Å². The Bertz CT molecular complexity index is 492. The molecule has 0 saturated heterocycles. The third kappa shape index (κ3) is 4.05. The van der Waals surface area contributed by atoms with Crippen LogP contribution in [0.15, 0.2) is 24.3 Å². The number of amides is 1. The molecule has 1 rings (SSSR count). The highest BCUT2D eigenvalue weighted by molar-refractivity contribution is 5.93. The number of aryl methyl sites for hydroxylation is 2. The maximum atomic E-state index is 11.6. The number of benzene rings is 1. The molecular formula is C14H17NO3. The number of likely N-dealkylation sites (N-methyl/N-ethyl adjacent to an activating group) is 1. The van der Waals surface area contributed by atoms with E-state index in [4.69, 9.17) is 5.11 Å². The molecule has 0 aromatic heterocycles. The summed E-state index contributed by atoms with van der Waals surface area (Å²) in [4.78, 5) is 23.2. The molecule has 0 spiro atoms. The van der Waals surface area contributed by atoms with E-state index in [0.717, 1.165) is 16.0 Å². The monoisotopic (exact) mass is 247 g/mol. The van der Waals surface area contributed by atoms with Crippen molar-refractivity contribution in [1.82, 2.24) is 4.90 Å². The molecular weight excluding hydrogens is 230 g/mol. The van der Waals surface area contributed by atoms with Gasteiger partial charge in [0.05, 0.1) is 0 Å². The van der Waals surface area contributed by atoms with Gasteiger partial charge in [-0.25, -0.2) is 0 Å². The average molecular weight is 247 g/mol. The van der Waals surface area contributed by atoms with Crippen LogP contribution in [-0.2, 0) is 9.59 Å². The highest BCUT2D eigenvalue weighted by atomic mass is 16.4. The van der Waals surface area contributed by atoms with Crippen molar-refractivity contribution in [2.24, 2.45) is 0 Å². The van der Waals surface area contributed by atoms with E-state index in [1.54, 1.807) is 6.08 Å². The van der Waals surface area contributed by atoms with Crippen LogP contribution in [0.5, 0.6) is 0 Å². The average Bonchev–Trinajstić information content (AvgIpc) is 2.26. The van der Waals surface area contributed by atoms with Crippen molar-refractivity contribution in [3.8, 4) is 0 Å². The fourth-order valence-corrected chi connectivity index (χ4v) is 1.58. The van der Waals surface area contributed by atoms with Crippen LogP contribution < -0.4 is 0 Å². The Morgan fingerprint density at radius 1 is 1.33 bits per heavy atom. The topological polar surface area (TPSA) is 57.6 Å². The van der Waals surface area contributed by atoms with Gasteiger partial charge in [-0.05, 0) is 31.1 Å². The fourth-order valence-electron chi connectivity index (χ4n) is 1.58. The summed E-state index contributed by atoms with van der Waals surface area (Å²) in [6.45, 7) is 3.68. The third-order valence-electron chi connectivity index (χ3n) is 2.58. The Morgan fingerprint density at radius 2 is 2.00 bits per heavy atom. The van der Waals surface area contributed by atoms with Crippen molar-refractivity contribution in [3.05, 3.63) is 41.0 Å². The smallest absolute Gasteiger partial charge is 0.323 e. The first kappa shape index (κ1) is 14.0. The van der Waals surface area contributed by atoms with E-state index >= 15 is 0 Å². The molecule has 96 valence electrons. The molecule has 0 aliphatic heterocycles. The van der Waals surface area contributed by atoms with Gasteiger partial charge < -0.3 is 10.0 Å². The largest absolute Gasteiger partial charge is 0.480 e. The minimum Gasteiger partial charge on any atom is -0.480 e. The molecule has 0 aliphatic carbocycles. The van der Waals surface area contributed by atoms with Crippen molar-refractivity contribution in [3.63, 3.8) is 0 Å². The zero-order chi connectivity index (χ0) is 13.7. The van der Waals surface area contributed by atoms with E-state index in [1.807, 2.05) is 32.0 Å². The Labute approximate surface area is 107 Å². The first-order valence-corrected chi connectivity index (χ1v) is 5.62. The number of aliphatic carboxylic acids is 1. The van der Waals surface area contributed by atoms with Gasteiger partial charge in [0.1, 0.15) is 6.54 Å². The van der Waals surface area contributed by atoms with Crippen LogP contribution in [0.1, 0.15) is 16.7 Å². The van der Waals surface area contributed by atoms with Crippen LogP contribution in [0.4, 0.5) is 0 Å². The number of carboxylic acid groups (broad SMARTS) is 1. The number of carbonyl (C=O) groups excluding carboxylic acids is 1. The summed E-state index contributed by atoms with van der Waals surface area (Å²) in [5.41, 5.74) is 3.21. The number of hydrogen-bond acceptors (Lipinski definition) is 2. The zero-order valence-corrected chi connectivity index (χ0v) is 10.8. The molecule has 4 nitrogen and oxygen atoms in total. The zero-order valence-electron chi connectivity index (χ0n) is 10.8. The van der Waals surface area contributed by atoms with Gasteiger partial charge >= 0.3 is 5.97 Å². The molecule has 1 amide bonds. The van der Waals surface area contributed by atoms with E-state index in [1.165, 1.54) is 18.7 Å². The lowest BCUT2D eigenvalue weighted by Gasteiger charge is -2.11. The van der Waals surface area contributed by atoms with Gasteiger partial charge in [-0.3, -0.25) is 9.59 Å². The van der Waals surface area contributed by atoms with Gasteiger partial charge in [-0.2, -0.15) is 0 Å². The minimum atomic E-state index is -1.02. The van der Waals surface area contributed by atoms with Crippen LogP contribution in [0, 0.1) is 13.8 Å². The molecule has 0 bridgehead atoms. The number of rotatable bonds is 4. The Balaban J connectivity index is 2.74. The molecule has 0 heterocycles. The van der Waals surface area contributed by atoms with Gasteiger partial charge in [0, 0.05) is 13.1 Å². The van der Waals surface area contributed by atoms with Gasteiger partial charge in [-0.15, -0.1) is 0 Å². The van der Waals surface area contributed by atoms with Gasteiger partial charge in [-0.1, -0.05) is 23.8 Å². The molecule has 1 N–H and O–H groups in total. The van der Waals surface area contributed by atoms with E-state index in [0.29, 0.717) is 0 Å². The van der Waals surface area contributed by atoms with Crippen LogP contribution in [-0.4, -0.2) is 35.5 Å². The number of carboxylic acids is 1. The molecule has 0 saturated carbocycles. The van der Waals surface area contributed by atoms with Crippen molar-refractivity contribution >= 4 is 18.0 Å². The summed E-state index contributed by atoms with van der Waals surface area (Å²) in [7, 11) is 1.46. The fraction of sp³-hybridized carbons (Fsp3) is 0.286. The van der Waals surface area contributed by atoms with E-state index in [-0.39, 0.29) is 12.5 Å². The summed E-state index contributed by atoms with van der Waals surface area (Å²) >= 11 is 0. The van der Waals surface area contributed by atoms with E-state index in [2.05, 4.69) is 0 Å². The molecule has 0 radical (unpaired) electrons. The maximum Gasteiger partial charge on any atom is 0.323 e. The lowest BCUT2D eigenvalue weighted by molar-refractivity contribution is -0.141. The Hall–Kier alpha value is -2.10. The molecule has 18 heavy (non-hydrogen) atoms. The standard InChI is InChI=1S/C14H17NO3/c1-10-4-5-12(11(2)8-10)6-7-13(16)15(3)9-14(17)18/h4-8H,9H2,1-3H3,(H,17,18)/b7-6+. The number of carbonyl (C=O) groups is 2. The SMILES string of the molecule is Cc1ccc(/C=C/C(=O)N(C)CC(=O)O)c(C)c1. The normalized spacial score (nSPS) is 10.6. The van der Waals surface area contributed by atoms with Crippen molar-refractivity contribution in [2.75, 3.05) is 13.6 Å². The third-order valence-corrected chi connectivity index (χ3v) is 2.58. The van der Waals surface area contributed by atoms with Gasteiger partial charge in [0.15, 0.2) is 0 Å². The van der Waals surface area contributed by atoms with Gasteiger partial charge in [0.2, 0.25) is 5.91 Å². The van der Waals surface area contributed by atoms with E-state index < -0.39 is 5.97 Å². The summed E-state index contributed by atoms with van der Waals surface area (Å²) in [5.74, 6) is -1.34. The highest BCUT2D eigenvalue weighted by Crippen LogP contribution is 2.12. The first-order chi connectivity index (χ1) is 8.40. The van der Waals surface area contributed by atoms with Crippen LogP contribution >= 0.6 is 0 Å². The second-order valence-corrected chi connectivity index (χ2v) is 4.28.